The van der Waals surface area contributed by atoms with Crippen LogP contribution in [0.15, 0.2) is 42.9 Å². The quantitative estimate of drug-likeness (QED) is 0.900. The number of anilines is 3. The van der Waals surface area contributed by atoms with Gasteiger partial charge >= 0.3 is 0 Å². The Morgan fingerprint density at radius 2 is 1.96 bits per heavy atom. The van der Waals surface area contributed by atoms with Crippen molar-refractivity contribution >= 4 is 29.0 Å². The van der Waals surface area contributed by atoms with Crippen LogP contribution < -0.4 is 15.1 Å². The summed E-state index contributed by atoms with van der Waals surface area (Å²) in [6.07, 6.45) is 8.39. The molecule has 0 bridgehead atoms. The zero-order valence-corrected chi connectivity index (χ0v) is 15.2. The Labute approximate surface area is 158 Å². The highest BCUT2D eigenvalue weighted by molar-refractivity contribution is 5.96. The molecule has 2 amide bonds. The summed E-state index contributed by atoms with van der Waals surface area (Å²) in [6, 6.07) is 7.52. The zero-order chi connectivity index (χ0) is 18.6. The fraction of sp³-hybridized carbons (Fsp3) is 0.400. The van der Waals surface area contributed by atoms with E-state index < -0.39 is 0 Å². The van der Waals surface area contributed by atoms with Crippen LogP contribution in [0.1, 0.15) is 25.7 Å². The van der Waals surface area contributed by atoms with E-state index in [1.54, 1.807) is 23.5 Å². The van der Waals surface area contributed by atoms with Crippen molar-refractivity contribution in [3.05, 3.63) is 42.9 Å². The van der Waals surface area contributed by atoms with Crippen molar-refractivity contribution in [1.82, 2.24) is 9.97 Å². The number of amides is 2. The molecule has 1 aromatic carbocycles. The van der Waals surface area contributed by atoms with E-state index in [4.69, 9.17) is 0 Å². The molecule has 140 valence electrons. The number of nitrogens with zero attached hydrogens (tertiary/aromatic N) is 4. The van der Waals surface area contributed by atoms with Gasteiger partial charge in [0.25, 0.3) is 0 Å². The second kappa shape index (κ2) is 7.73. The summed E-state index contributed by atoms with van der Waals surface area (Å²) >= 11 is 0. The first-order chi connectivity index (χ1) is 13.2. The van der Waals surface area contributed by atoms with E-state index in [2.05, 4.69) is 20.2 Å². The molecule has 2 aliphatic rings. The lowest BCUT2D eigenvalue weighted by Gasteiger charge is -2.32. The third-order valence-corrected chi connectivity index (χ3v) is 5.19. The Morgan fingerprint density at radius 3 is 2.67 bits per heavy atom. The Bertz CT molecular complexity index is 809. The predicted molar refractivity (Wildman–Crippen MR) is 104 cm³/mol. The van der Waals surface area contributed by atoms with Crippen molar-refractivity contribution in [2.45, 2.75) is 25.7 Å². The van der Waals surface area contributed by atoms with Gasteiger partial charge in [0, 0.05) is 49.8 Å². The van der Waals surface area contributed by atoms with Crippen LogP contribution in [0.5, 0.6) is 0 Å². The maximum Gasteiger partial charge on any atom is 0.229 e. The fourth-order valence-electron chi connectivity index (χ4n) is 3.74. The standard InChI is InChI=1S/C20H23N5O2/c26-19-4-2-12-25(19)17-7-5-16(6-8-17)23-20(27)15-3-1-11-24(14-15)18-13-21-9-10-22-18/h5-10,13,15H,1-4,11-12,14H2,(H,23,27). The Balaban J connectivity index is 1.37. The molecule has 1 aromatic heterocycles. The fourth-order valence-corrected chi connectivity index (χ4v) is 3.74. The van der Waals surface area contributed by atoms with Gasteiger partial charge in [0.15, 0.2) is 0 Å². The highest BCUT2D eigenvalue weighted by atomic mass is 16.2. The lowest BCUT2D eigenvalue weighted by atomic mass is 9.97. The maximum atomic E-state index is 12.7. The minimum atomic E-state index is -0.0828. The third-order valence-electron chi connectivity index (χ3n) is 5.19. The Kier molecular flexibility index (Phi) is 5.00. The topological polar surface area (TPSA) is 78.4 Å². The third kappa shape index (κ3) is 3.92. The lowest BCUT2D eigenvalue weighted by molar-refractivity contribution is -0.120. The van der Waals surface area contributed by atoms with E-state index in [0.717, 1.165) is 49.5 Å². The summed E-state index contributed by atoms with van der Waals surface area (Å²) in [5.41, 5.74) is 1.65. The van der Waals surface area contributed by atoms with Crippen molar-refractivity contribution in [2.24, 2.45) is 5.92 Å². The Morgan fingerprint density at radius 1 is 1.11 bits per heavy atom. The normalized spacial score (nSPS) is 20.0. The number of rotatable bonds is 4. The summed E-state index contributed by atoms with van der Waals surface area (Å²) in [5.74, 6) is 0.918. The van der Waals surface area contributed by atoms with Crippen molar-refractivity contribution in [2.75, 3.05) is 34.8 Å². The molecule has 27 heavy (non-hydrogen) atoms. The molecule has 3 heterocycles. The van der Waals surface area contributed by atoms with Crippen molar-refractivity contribution in [3.63, 3.8) is 0 Å². The van der Waals surface area contributed by atoms with Gasteiger partial charge in [-0.05, 0) is 43.5 Å². The number of aromatic nitrogens is 2. The summed E-state index contributed by atoms with van der Waals surface area (Å²) in [6.45, 7) is 2.30. The molecule has 0 aliphatic carbocycles. The first kappa shape index (κ1) is 17.5. The summed E-state index contributed by atoms with van der Waals surface area (Å²) in [4.78, 5) is 36.9. The summed E-state index contributed by atoms with van der Waals surface area (Å²) < 4.78 is 0. The highest BCUT2D eigenvalue weighted by Crippen LogP contribution is 2.25. The average molecular weight is 365 g/mol. The van der Waals surface area contributed by atoms with Crippen LogP contribution in [0.3, 0.4) is 0 Å². The second-order valence-electron chi connectivity index (χ2n) is 7.03. The van der Waals surface area contributed by atoms with Gasteiger partial charge in [0.1, 0.15) is 5.82 Å². The largest absolute Gasteiger partial charge is 0.355 e. The molecular formula is C20H23N5O2. The van der Waals surface area contributed by atoms with Crippen LogP contribution in [0.25, 0.3) is 0 Å². The molecule has 7 heteroatoms. The molecule has 4 rings (SSSR count). The minimum Gasteiger partial charge on any atom is -0.355 e. The molecule has 0 radical (unpaired) electrons. The van der Waals surface area contributed by atoms with Crippen molar-refractivity contribution in [3.8, 4) is 0 Å². The van der Waals surface area contributed by atoms with Crippen LogP contribution in [0.4, 0.5) is 17.2 Å². The minimum absolute atomic E-state index is 0.0218. The van der Waals surface area contributed by atoms with Gasteiger partial charge in [-0.2, -0.15) is 0 Å². The van der Waals surface area contributed by atoms with E-state index in [0.29, 0.717) is 13.0 Å². The molecule has 7 nitrogen and oxygen atoms in total. The first-order valence-electron chi connectivity index (χ1n) is 9.43. The van der Waals surface area contributed by atoms with Gasteiger partial charge in [0.05, 0.1) is 12.1 Å². The van der Waals surface area contributed by atoms with E-state index in [1.807, 2.05) is 24.3 Å². The number of hydrogen-bond donors (Lipinski definition) is 1. The van der Waals surface area contributed by atoms with Crippen molar-refractivity contribution in [1.29, 1.82) is 0 Å². The summed E-state index contributed by atoms with van der Waals surface area (Å²) in [7, 11) is 0. The van der Waals surface area contributed by atoms with E-state index in [9.17, 15) is 9.59 Å². The molecule has 2 fully saturated rings. The number of hydrogen-bond acceptors (Lipinski definition) is 5. The zero-order valence-electron chi connectivity index (χ0n) is 15.2. The van der Waals surface area contributed by atoms with Crippen LogP contribution in [-0.2, 0) is 9.59 Å². The molecule has 1 N–H and O–H groups in total. The smallest absolute Gasteiger partial charge is 0.229 e. The lowest BCUT2D eigenvalue weighted by Crippen LogP contribution is -2.41. The number of piperidine rings is 1. The second-order valence-corrected chi connectivity index (χ2v) is 7.03. The van der Waals surface area contributed by atoms with Gasteiger partial charge < -0.3 is 15.1 Å². The number of carbonyl (C=O) groups is 2. The van der Waals surface area contributed by atoms with Crippen molar-refractivity contribution < 1.29 is 9.59 Å². The molecule has 2 aliphatic heterocycles. The van der Waals surface area contributed by atoms with E-state index >= 15 is 0 Å². The molecule has 0 spiro atoms. The molecule has 1 unspecified atom stereocenters. The van der Waals surface area contributed by atoms with Gasteiger partial charge in [0.2, 0.25) is 11.8 Å². The number of carbonyl (C=O) groups excluding carboxylic acids is 2. The molecule has 2 saturated heterocycles. The molecular weight excluding hydrogens is 342 g/mol. The predicted octanol–water partition coefficient (Wildman–Crippen LogP) is 2.46. The average Bonchev–Trinajstić information content (AvgIpc) is 3.15. The van der Waals surface area contributed by atoms with Crippen LogP contribution in [-0.4, -0.2) is 41.4 Å². The highest BCUT2D eigenvalue weighted by Gasteiger charge is 2.27. The van der Waals surface area contributed by atoms with Gasteiger partial charge in [-0.25, -0.2) is 4.98 Å². The first-order valence-corrected chi connectivity index (χ1v) is 9.43. The molecule has 0 saturated carbocycles. The number of benzene rings is 1. The van der Waals surface area contributed by atoms with Crippen LogP contribution in [0, 0.1) is 5.92 Å². The monoisotopic (exact) mass is 365 g/mol. The van der Waals surface area contributed by atoms with E-state index in [-0.39, 0.29) is 17.7 Å². The maximum absolute atomic E-state index is 12.7. The summed E-state index contributed by atoms with van der Waals surface area (Å²) in [5, 5.41) is 3.01. The van der Waals surface area contributed by atoms with Crippen LogP contribution in [0.2, 0.25) is 0 Å². The van der Waals surface area contributed by atoms with Gasteiger partial charge in [-0.1, -0.05) is 0 Å². The SMILES string of the molecule is O=C(Nc1ccc(N2CCCC2=O)cc1)C1CCCN(c2cnccn2)C1. The number of nitrogens with one attached hydrogen (secondary N) is 1. The molecule has 2 aromatic rings. The Hall–Kier alpha value is -2.96. The molecule has 1 atom stereocenters. The van der Waals surface area contributed by atoms with E-state index in [1.165, 1.54) is 0 Å². The van der Waals surface area contributed by atoms with Gasteiger partial charge in [-0.3, -0.25) is 14.6 Å². The van der Waals surface area contributed by atoms with Gasteiger partial charge in [-0.15, -0.1) is 0 Å². The van der Waals surface area contributed by atoms with Crippen LogP contribution >= 0.6 is 0 Å².